The molecule has 1 aliphatic rings. The van der Waals surface area contributed by atoms with E-state index in [-0.39, 0.29) is 12.2 Å². The summed E-state index contributed by atoms with van der Waals surface area (Å²) in [6.45, 7) is 5.73. The van der Waals surface area contributed by atoms with Crippen LogP contribution >= 0.6 is 15.9 Å². The van der Waals surface area contributed by atoms with Gasteiger partial charge in [-0.3, -0.25) is 14.9 Å². The van der Waals surface area contributed by atoms with Gasteiger partial charge < -0.3 is 4.74 Å². The maximum Gasteiger partial charge on any atom is 0.335 e. The monoisotopic (exact) mass is 440 g/mol. The molecule has 1 heterocycles. The molecular weight excluding hydrogens is 424 g/mol. The number of halogens is 1. The molecule has 1 fully saturated rings. The average Bonchev–Trinajstić information content (AvgIpc) is 2.67. The first-order valence-electron chi connectivity index (χ1n) is 8.42. The van der Waals surface area contributed by atoms with E-state index in [1.54, 1.807) is 48.5 Å². The molecule has 2 aromatic rings. The minimum atomic E-state index is -0.787. The summed E-state index contributed by atoms with van der Waals surface area (Å²) in [5, 5.41) is 2.22. The molecule has 142 valence electrons. The van der Waals surface area contributed by atoms with Gasteiger partial charge in [0.15, 0.2) is 0 Å². The molecule has 0 radical (unpaired) electrons. The zero-order valence-corrected chi connectivity index (χ0v) is 16.7. The fraction of sp³-hybridized carbons (Fsp3) is 0.0952. The molecular formula is C21H17BrN2O4. The number of carbonyl (C=O) groups is 3. The zero-order valence-electron chi connectivity index (χ0n) is 15.1. The number of hydrogen-bond donors (Lipinski definition) is 1. The molecule has 0 spiro atoms. The minimum Gasteiger partial charge on any atom is -0.489 e. The Labute approximate surface area is 170 Å². The molecule has 6 nitrogen and oxygen atoms in total. The summed E-state index contributed by atoms with van der Waals surface area (Å²) in [4.78, 5) is 38.6. The van der Waals surface area contributed by atoms with Crippen molar-refractivity contribution in [3.63, 3.8) is 0 Å². The van der Waals surface area contributed by atoms with E-state index >= 15 is 0 Å². The molecule has 1 aliphatic heterocycles. The summed E-state index contributed by atoms with van der Waals surface area (Å²) in [5.74, 6) is -0.953. The van der Waals surface area contributed by atoms with Crippen LogP contribution in [0.25, 0.3) is 6.08 Å². The number of nitrogens with one attached hydrogen (secondary N) is 1. The molecule has 0 aliphatic carbocycles. The van der Waals surface area contributed by atoms with Gasteiger partial charge in [0.1, 0.15) is 17.9 Å². The first-order chi connectivity index (χ1) is 13.4. The zero-order chi connectivity index (χ0) is 20.3. The third kappa shape index (κ3) is 3.89. The van der Waals surface area contributed by atoms with Crippen molar-refractivity contribution in [3.05, 3.63) is 76.3 Å². The van der Waals surface area contributed by atoms with Crippen molar-refractivity contribution in [2.24, 2.45) is 0 Å². The number of anilines is 1. The van der Waals surface area contributed by atoms with Gasteiger partial charge in [0, 0.05) is 10.0 Å². The fourth-order valence-corrected chi connectivity index (χ4v) is 2.94. The molecule has 0 aromatic heterocycles. The lowest BCUT2D eigenvalue weighted by Gasteiger charge is -2.26. The number of aryl methyl sites for hydroxylation is 1. The summed E-state index contributed by atoms with van der Waals surface area (Å²) in [5.41, 5.74) is 1.61. The van der Waals surface area contributed by atoms with Crippen molar-refractivity contribution in [2.45, 2.75) is 6.92 Å². The van der Waals surface area contributed by atoms with Crippen molar-refractivity contribution in [1.82, 2.24) is 5.32 Å². The minimum absolute atomic E-state index is 0.158. The molecule has 2 aromatic carbocycles. The molecule has 0 atom stereocenters. The Bertz CT molecular complexity index is 1010. The van der Waals surface area contributed by atoms with E-state index < -0.39 is 17.8 Å². The van der Waals surface area contributed by atoms with E-state index in [4.69, 9.17) is 4.74 Å². The highest BCUT2D eigenvalue weighted by atomic mass is 79.9. The summed E-state index contributed by atoms with van der Waals surface area (Å²) < 4.78 is 6.42. The van der Waals surface area contributed by atoms with Gasteiger partial charge in [-0.1, -0.05) is 46.8 Å². The lowest BCUT2D eigenvalue weighted by atomic mass is 10.1. The largest absolute Gasteiger partial charge is 0.489 e. The number of hydrogen-bond acceptors (Lipinski definition) is 4. The second kappa shape index (κ2) is 8.22. The van der Waals surface area contributed by atoms with E-state index in [1.165, 1.54) is 6.08 Å². The third-order valence-electron chi connectivity index (χ3n) is 4.08. The van der Waals surface area contributed by atoms with Crippen LogP contribution < -0.4 is 15.0 Å². The van der Waals surface area contributed by atoms with E-state index in [0.717, 1.165) is 14.9 Å². The first-order valence-corrected chi connectivity index (χ1v) is 9.22. The van der Waals surface area contributed by atoms with Gasteiger partial charge in [0.05, 0.1) is 5.69 Å². The summed E-state index contributed by atoms with van der Waals surface area (Å²) in [6, 6.07) is 11.3. The number of benzene rings is 2. The number of amides is 4. The summed E-state index contributed by atoms with van der Waals surface area (Å²) in [7, 11) is 0. The van der Waals surface area contributed by atoms with Gasteiger partial charge in [-0.2, -0.15) is 0 Å². The van der Waals surface area contributed by atoms with Crippen LogP contribution in [0.5, 0.6) is 5.75 Å². The second-order valence-electron chi connectivity index (χ2n) is 6.03. The van der Waals surface area contributed by atoms with Crippen LogP contribution in [0.1, 0.15) is 11.1 Å². The Morgan fingerprint density at radius 1 is 1.18 bits per heavy atom. The van der Waals surface area contributed by atoms with Gasteiger partial charge in [0.2, 0.25) is 0 Å². The molecule has 3 rings (SSSR count). The molecule has 1 N–H and O–H groups in total. The number of urea groups is 1. The van der Waals surface area contributed by atoms with Crippen molar-refractivity contribution >= 4 is 45.5 Å². The van der Waals surface area contributed by atoms with Crippen LogP contribution in [0.15, 0.2) is 65.2 Å². The molecule has 0 bridgehead atoms. The molecule has 0 saturated carbocycles. The SMILES string of the molecule is C=CCOc1ccccc1/C=C1/C(=O)NC(=O)N(c2ccc(Br)c(C)c2)C1=O. The number of para-hydroxylation sites is 1. The highest BCUT2D eigenvalue weighted by Crippen LogP contribution is 2.28. The predicted octanol–water partition coefficient (Wildman–Crippen LogP) is 3.99. The topological polar surface area (TPSA) is 75.7 Å². The Kier molecular flexibility index (Phi) is 5.75. The Hall–Kier alpha value is -3.19. The molecule has 4 amide bonds. The van der Waals surface area contributed by atoms with E-state index in [9.17, 15) is 14.4 Å². The van der Waals surface area contributed by atoms with Crippen LogP contribution in [0.2, 0.25) is 0 Å². The lowest BCUT2D eigenvalue weighted by Crippen LogP contribution is -2.54. The van der Waals surface area contributed by atoms with Crippen molar-refractivity contribution in [3.8, 4) is 5.75 Å². The second-order valence-corrected chi connectivity index (χ2v) is 6.88. The fourth-order valence-electron chi connectivity index (χ4n) is 2.70. The number of imide groups is 2. The van der Waals surface area contributed by atoms with Crippen LogP contribution in [0, 0.1) is 6.92 Å². The maximum absolute atomic E-state index is 13.0. The van der Waals surface area contributed by atoms with Crippen molar-refractivity contribution in [2.75, 3.05) is 11.5 Å². The third-order valence-corrected chi connectivity index (χ3v) is 4.97. The van der Waals surface area contributed by atoms with Gasteiger partial charge in [-0.05, 0) is 42.8 Å². The predicted molar refractivity (Wildman–Crippen MR) is 110 cm³/mol. The number of barbiturate groups is 1. The molecule has 0 unspecified atom stereocenters. The number of rotatable bonds is 5. The van der Waals surface area contributed by atoms with Gasteiger partial charge in [-0.25, -0.2) is 9.69 Å². The number of ether oxygens (including phenoxy) is 1. The summed E-state index contributed by atoms with van der Waals surface area (Å²) in [6.07, 6.45) is 3.01. The Morgan fingerprint density at radius 3 is 2.64 bits per heavy atom. The van der Waals surface area contributed by atoms with E-state index in [2.05, 4.69) is 27.8 Å². The quantitative estimate of drug-likeness (QED) is 0.433. The summed E-state index contributed by atoms with van der Waals surface area (Å²) >= 11 is 3.39. The van der Waals surface area contributed by atoms with E-state index in [1.807, 2.05) is 6.92 Å². The van der Waals surface area contributed by atoms with Crippen LogP contribution in [0.4, 0.5) is 10.5 Å². The van der Waals surface area contributed by atoms with Gasteiger partial charge >= 0.3 is 6.03 Å². The molecule has 28 heavy (non-hydrogen) atoms. The average molecular weight is 441 g/mol. The lowest BCUT2D eigenvalue weighted by molar-refractivity contribution is -0.122. The van der Waals surface area contributed by atoms with Crippen LogP contribution in [0.3, 0.4) is 0 Å². The van der Waals surface area contributed by atoms with Crippen molar-refractivity contribution < 1.29 is 19.1 Å². The first kappa shape index (κ1) is 19.6. The van der Waals surface area contributed by atoms with Gasteiger partial charge in [0.25, 0.3) is 11.8 Å². The molecule has 7 heteroatoms. The van der Waals surface area contributed by atoms with Crippen LogP contribution in [-0.2, 0) is 9.59 Å². The highest BCUT2D eigenvalue weighted by molar-refractivity contribution is 9.10. The van der Waals surface area contributed by atoms with E-state index in [0.29, 0.717) is 17.0 Å². The Morgan fingerprint density at radius 2 is 1.93 bits per heavy atom. The Balaban J connectivity index is 2.02. The standard InChI is InChI=1S/C21H17BrN2O4/c1-3-10-28-18-7-5-4-6-14(18)12-16-19(25)23-21(27)24(20(16)26)15-8-9-17(22)13(2)11-15/h3-9,11-12H,1,10H2,2H3,(H,23,25,27)/b16-12-. The normalized spacial score (nSPS) is 15.6. The molecule has 1 saturated heterocycles. The highest BCUT2D eigenvalue weighted by Gasteiger charge is 2.37. The smallest absolute Gasteiger partial charge is 0.335 e. The van der Waals surface area contributed by atoms with Crippen LogP contribution in [-0.4, -0.2) is 24.5 Å². The maximum atomic E-state index is 13.0. The van der Waals surface area contributed by atoms with Crippen molar-refractivity contribution in [1.29, 1.82) is 0 Å². The van der Waals surface area contributed by atoms with Gasteiger partial charge in [-0.15, -0.1) is 0 Å². The number of nitrogens with zero attached hydrogens (tertiary/aromatic N) is 1. The number of carbonyl (C=O) groups excluding carboxylic acids is 3.